The zero-order valence-corrected chi connectivity index (χ0v) is 12.4. The predicted molar refractivity (Wildman–Crippen MR) is 74.0 cm³/mol. The predicted octanol–water partition coefficient (Wildman–Crippen LogP) is 3.16. The number of piperazine rings is 1. The number of rotatable bonds is 3. The van der Waals surface area contributed by atoms with Crippen molar-refractivity contribution < 1.29 is 22.0 Å². The largest absolute Gasteiger partial charge is 0.314 e. The van der Waals surface area contributed by atoms with E-state index in [1.807, 2.05) is 0 Å². The average molecular weight is 353 g/mol. The van der Waals surface area contributed by atoms with E-state index in [0.29, 0.717) is 38.3 Å². The van der Waals surface area contributed by atoms with Gasteiger partial charge in [-0.25, -0.2) is 22.0 Å². The molecule has 1 aromatic rings. The molecule has 1 N–H and O–H groups in total. The van der Waals surface area contributed by atoms with Gasteiger partial charge in [-0.3, -0.25) is 4.90 Å². The zero-order chi connectivity index (χ0) is 14.0. The van der Waals surface area contributed by atoms with Crippen molar-refractivity contribution in [2.45, 2.75) is 12.5 Å². The van der Waals surface area contributed by atoms with Gasteiger partial charge < -0.3 is 5.32 Å². The lowest BCUT2D eigenvalue weighted by molar-refractivity contribution is 0.0178. The Morgan fingerprint density at radius 1 is 0.952 bits per heavy atom. The second-order valence-corrected chi connectivity index (χ2v) is 4.36. The molecule has 0 aromatic heterocycles. The van der Waals surface area contributed by atoms with Crippen molar-refractivity contribution in [3.63, 3.8) is 0 Å². The van der Waals surface area contributed by atoms with Gasteiger partial charge in [0.15, 0.2) is 17.5 Å². The number of nitrogens with one attached hydrogen (secondary N) is 1. The maximum atomic E-state index is 13.1. The summed E-state index contributed by atoms with van der Waals surface area (Å²) in [5.41, 5.74) is -0.242. The molecule has 1 aliphatic heterocycles. The third-order valence-corrected chi connectivity index (χ3v) is 3.13. The molecule has 1 aromatic carbocycles. The van der Waals surface area contributed by atoms with Gasteiger partial charge in [0.25, 0.3) is 6.43 Å². The van der Waals surface area contributed by atoms with Crippen molar-refractivity contribution in [3.8, 4) is 0 Å². The van der Waals surface area contributed by atoms with Crippen LogP contribution in [-0.2, 0) is 0 Å². The van der Waals surface area contributed by atoms with Crippen molar-refractivity contribution in [1.29, 1.82) is 0 Å². The van der Waals surface area contributed by atoms with Crippen LogP contribution in [0.2, 0.25) is 0 Å². The summed E-state index contributed by atoms with van der Waals surface area (Å²) in [5, 5.41) is 3.00. The van der Waals surface area contributed by atoms with Crippen LogP contribution in [0.15, 0.2) is 12.1 Å². The van der Waals surface area contributed by atoms with Gasteiger partial charge in [-0.05, 0) is 17.7 Å². The molecule has 21 heavy (non-hydrogen) atoms. The molecule has 122 valence electrons. The number of hydrogen-bond acceptors (Lipinski definition) is 2. The van der Waals surface area contributed by atoms with Gasteiger partial charge in [0.05, 0.1) is 6.04 Å². The first kappa shape index (κ1) is 20.4. The molecule has 1 heterocycles. The second kappa shape index (κ2) is 8.73. The Balaban J connectivity index is 0.00000200. The lowest BCUT2D eigenvalue weighted by atomic mass is 10.0. The normalized spacial score (nSPS) is 17.0. The summed E-state index contributed by atoms with van der Waals surface area (Å²) in [5.74, 6) is -4.54. The summed E-state index contributed by atoms with van der Waals surface area (Å²) < 4.78 is 65.4. The lowest BCUT2D eigenvalue weighted by Crippen LogP contribution is -2.47. The van der Waals surface area contributed by atoms with Crippen molar-refractivity contribution in [2.24, 2.45) is 0 Å². The minimum atomic E-state index is -2.80. The molecule has 0 unspecified atom stereocenters. The van der Waals surface area contributed by atoms with E-state index in [0.717, 1.165) is 0 Å². The van der Waals surface area contributed by atoms with Crippen LogP contribution in [-0.4, -0.2) is 37.5 Å². The fraction of sp³-hybridized carbons (Fsp3) is 0.500. The molecular formula is C12H15Cl2F5N2. The third-order valence-electron chi connectivity index (χ3n) is 3.13. The van der Waals surface area contributed by atoms with E-state index in [1.165, 1.54) is 4.90 Å². The summed E-state index contributed by atoms with van der Waals surface area (Å²) in [6.45, 7) is 1.73. The van der Waals surface area contributed by atoms with E-state index in [1.54, 1.807) is 0 Å². The Morgan fingerprint density at radius 3 is 1.86 bits per heavy atom. The molecule has 0 saturated carbocycles. The van der Waals surface area contributed by atoms with E-state index in [4.69, 9.17) is 0 Å². The van der Waals surface area contributed by atoms with Gasteiger partial charge >= 0.3 is 0 Å². The fourth-order valence-corrected chi connectivity index (χ4v) is 2.22. The van der Waals surface area contributed by atoms with Crippen LogP contribution in [0.5, 0.6) is 0 Å². The van der Waals surface area contributed by atoms with E-state index >= 15 is 0 Å². The monoisotopic (exact) mass is 352 g/mol. The lowest BCUT2D eigenvalue weighted by Gasteiger charge is -2.34. The van der Waals surface area contributed by atoms with E-state index in [9.17, 15) is 22.0 Å². The first-order chi connectivity index (χ1) is 9.00. The maximum Gasteiger partial charge on any atom is 0.258 e. The summed E-state index contributed by atoms with van der Waals surface area (Å²) >= 11 is 0. The van der Waals surface area contributed by atoms with Crippen LogP contribution in [0, 0.1) is 17.5 Å². The van der Waals surface area contributed by atoms with Gasteiger partial charge in [0, 0.05) is 26.2 Å². The van der Waals surface area contributed by atoms with Gasteiger partial charge in [-0.15, -0.1) is 24.8 Å². The van der Waals surface area contributed by atoms with E-state index < -0.39 is 29.9 Å². The number of alkyl halides is 2. The van der Waals surface area contributed by atoms with Crippen molar-refractivity contribution in [3.05, 3.63) is 35.1 Å². The SMILES string of the molecule is Cl.Cl.Fc1cc([C@@H](C(F)F)N2CCNCC2)cc(F)c1F. The van der Waals surface area contributed by atoms with E-state index in [-0.39, 0.29) is 30.4 Å². The van der Waals surface area contributed by atoms with Gasteiger partial charge in [-0.2, -0.15) is 0 Å². The Labute approximate surface area is 131 Å². The molecule has 0 bridgehead atoms. The van der Waals surface area contributed by atoms with Gasteiger partial charge in [0.2, 0.25) is 0 Å². The molecule has 1 aliphatic rings. The first-order valence-electron chi connectivity index (χ1n) is 5.88. The quantitative estimate of drug-likeness (QED) is 0.664. The van der Waals surface area contributed by atoms with Gasteiger partial charge in [0.1, 0.15) is 0 Å². The Hall–Kier alpha value is -0.630. The molecule has 1 fully saturated rings. The molecule has 2 rings (SSSR count). The Bertz CT molecular complexity index is 432. The van der Waals surface area contributed by atoms with Crippen molar-refractivity contribution in [1.82, 2.24) is 10.2 Å². The third kappa shape index (κ3) is 4.67. The summed E-state index contributed by atoms with van der Waals surface area (Å²) in [6, 6.07) is -0.152. The summed E-state index contributed by atoms with van der Waals surface area (Å²) in [6.07, 6.45) is -2.80. The number of hydrogen-bond donors (Lipinski definition) is 1. The molecule has 0 amide bonds. The number of benzene rings is 1. The smallest absolute Gasteiger partial charge is 0.258 e. The van der Waals surface area contributed by atoms with Crippen LogP contribution in [0.4, 0.5) is 22.0 Å². The average Bonchev–Trinajstić information content (AvgIpc) is 2.37. The number of nitrogens with zero attached hydrogens (tertiary/aromatic N) is 1. The van der Waals surface area contributed by atoms with Crippen molar-refractivity contribution >= 4 is 24.8 Å². The molecule has 0 spiro atoms. The zero-order valence-electron chi connectivity index (χ0n) is 10.8. The van der Waals surface area contributed by atoms with Crippen LogP contribution in [0.25, 0.3) is 0 Å². The highest BCUT2D eigenvalue weighted by atomic mass is 35.5. The Morgan fingerprint density at radius 2 is 1.43 bits per heavy atom. The highest BCUT2D eigenvalue weighted by Crippen LogP contribution is 2.29. The molecule has 0 aliphatic carbocycles. The molecular weight excluding hydrogens is 338 g/mol. The molecule has 1 saturated heterocycles. The second-order valence-electron chi connectivity index (χ2n) is 4.36. The molecule has 0 radical (unpaired) electrons. The molecule has 1 atom stereocenters. The first-order valence-corrected chi connectivity index (χ1v) is 5.88. The summed E-state index contributed by atoms with van der Waals surface area (Å²) in [7, 11) is 0. The summed E-state index contributed by atoms with van der Waals surface area (Å²) in [4.78, 5) is 1.44. The fourth-order valence-electron chi connectivity index (χ4n) is 2.22. The highest BCUT2D eigenvalue weighted by Gasteiger charge is 2.31. The minimum Gasteiger partial charge on any atom is -0.314 e. The van der Waals surface area contributed by atoms with Crippen LogP contribution < -0.4 is 5.32 Å². The topological polar surface area (TPSA) is 15.3 Å². The molecule has 2 nitrogen and oxygen atoms in total. The maximum absolute atomic E-state index is 13.1. The minimum absolute atomic E-state index is 0. The number of halogens is 7. The van der Waals surface area contributed by atoms with Crippen molar-refractivity contribution in [2.75, 3.05) is 26.2 Å². The Kier molecular flexibility index (Phi) is 8.46. The van der Waals surface area contributed by atoms with Crippen LogP contribution in [0.1, 0.15) is 11.6 Å². The van der Waals surface area contributed by atoms with Crippen LogP contribution in [0.3, 0.4) is 0 Å². The van der Waals surface area contributed by atoms with Crippen LogP contribution >= 0.6 is 24.8 Å². The standard InChI is InChI=1S/C12H13F5N2.2ClH/c13-8-5-7(6-9(14)10(8)15)11(12(16)17)19-3-1-18-2-4-19;;/h5-6,11-12,18H,1-4H2;2*1H/t11-;;/m0../s1. The van der Waals surface area contributed by atoms with E-state index in [2.05, 4.69) is 5.32 Å². The highest BCUT2D eigenvalue weighted by molar-refractivity contribution is 5.85. The molecule has 9 heteroatoms. The van der Waals surface area contributed by atoms with Gasteiger partial charge in [-0.1, -0.05) is 0 Å².